The highest BCUT2D eigenvalue weighted by atomic mass is 32.1. The van der Waals surface area contributed by atoms with Crippen molar-refractivity contribution in [3.8, 4) is 10.6 Å². The maximum atomic E-state index is 13.2. The van der Waals surface area contributed by atoms with Crippen molar-refractivity contribution in [2.75, 3.05) is 0 Å². The lowest BCUT2D eigenvalue weighted by molar-refractivity contribution is 0.0841. The van der Waals surface area contributed by atoms with Gasteiger partial charge < -0.3 is 0 Å². The molecule has 0 spiro atoms. The first kappa shape index (κ1) is 15.8. The number of carbonyl (C=O) groups excluding carboxylic acids is 2. The highest BCUT2D eigenvalue weighted by molar-refractivity contribution is 7.13. The zero-order valence-electron chi connectivity index (χ0n) is 12.2. The van der Waals surface area contributed by atoms with Gasteiger partial charge >= 0.3 is 0 Å². The lowest BCUT2D eigenvalue weighted by Crippen LogP contribution is -2.42. The number of pyridine rings is 1. The van der Waals surface area contributed by atoms with Crippen LogP contribution in [-0.2, 0) is 0 Å². The van der Waals surface area contributed by atoms with Gasteiger partial charge in [-0.05, 0) is 24.3 Å². The lowest BCUT2D eigenvalue weighted by atomic mass is 10.2. The van der Waals surface area contributed by atoms with Crippen LogP contribution in [0.2, 0.25) is 0 Å². The van der Waals surface area contributed by atoms with E-state index in [4.69, 9.17) is 0 Å². The molecule has 2 aromatic heterocycles. The molecule has 120 valence electrons. The molecule has 0 bridgehead atoms. The molecule has 6 nitrogen and oxygen atoms in total. The predicted octanol–water partition coefficient (Wildman–Crippen LogP) is 2.42. The number of benzene rings is 1. The molecule has 0 radical (unpaired) electrons. The summed E-state index contributed by atoms with van der Waals surface area (Å²) in [5.74, 6) is -1.49. The van der Waals surface area contributed by atoms with Gasteiger partial charge in [-0.2, -0.15) is 0 Å². The molecule has 0 atom stereocenters. The molecule has 0 unspecified atom stereocenters. The number of thiazole rings is 1. The van der Waals surface area contributed by atoms with E-state index in [1.54, 1.807) is 24.3 Å². The second-order valence-electron chi connectivity index (χ2n) is 4.67. The van der Waals surface area contributed by atoms with Crippen molar-refractivity contribution in [1.82, 2.24) is 20.8 Å². The number of rotatable bonds is 3. The topological polar surface area (TPSA) is 84.0 Å². The number of aromatic nitrogens is 2. The van der Waals surface area contributed by atoms with E-state index >= 15 is 0 Å². The number of carbonyl (C=O) groups is 2. The summed E-state index contributed by atoms with van der Waals surface area (Å²) >= 11 is 1.21. The maximum Gasteiger partial charge on any atom is 0.289 e. The van der Waals surface area contributed by atoms with Gasteiger partial charge in [0.2, 0.25) is 0 Å². The van der Waals surface area contributed by atoms with Gasteiger partial charge in [-0.3, -0.25) is 25.4 Å². The Morgan fingerprint density at radius 2 is 1.79 bits per heavy atom. The number of hydrogen-bond donors (Lipinski definition) is 2. The minimum Gasteiger partial charge on any atom is -0.266 e. The SMILES string of the molecule is O=C(NNC(=O)c1csc(-c2cccc(F)c2)n1)c1ccccn1. The second kappa shape index (κ2) is 6.97. The summed E-state index contributed by atoms with van der Waals surface area (Å²) in [7, 11) is 0. The zero-order valence-corrected chi connectivity index (χ0v) is 13.0. The Morgan fingerprint density at radius 1 is 1.00 bits per heavy atom. The number of nitrogens with zero attached hydrogens (tertiary/aromatic N) is 2. The Bertz CT molecular complexity index is 883. The fraction of sp³-hybridized carbons (Fsp3) is 0. The third kappa shape index (κ3) is 3.61. The van der Waals surface area contributed by atoms with Crippen molar-refractivity contribution in [3.05, 3.63) is 71.2 Å². The predicted molar refractivity (Wildman–Crippen MR) is 86.7 cm³/mol. The third-order valence-electron chi connectivity index (χ3n) is 3.00. The standard InChI is InChI=1S/C16H11FN4O2S/c17-11-5-3-4-10(8-11)16-19-13(9-24-16)15(23)21-20-14(22)12-6-1-2-7-18-12/h1-9H,(H,20,22)(H,21,23). The van der Waals surface area contributed by atoms with E-state index in [0.717, 1.165) is 0 Å². The van der Waals surface area contributed by atoms with Crippen LogP contribution >= 0.6 is 11.3 Å². The molecule has 3 aromatic rings. The van der Waals surface area contributed by atoms with Crippen molar-refractivity contribution in [2.45, 2.75) is 0 Å². The van der Waals surface area contributed by atoms with Crippen LogP contribution in [0.1, 0.15) is 21.0 Å². The maximum absolute atomic E-state index is 13.2. The quantitative estimate of drug-likeness (QED) is 0.716. The Balaban J connectivity index is 1.65. The molecule has 0 saturated heterocycles. The summed E-state index contributed by atoms with van der Waals surface area (Å²) in [5, 5.41) is 2.04. The summed E-state index contributed by atoms with van der Waals surface area (Å²) in [6, 6.07) is 10.8. The molecule has 0 fully saturated rings. The highest BCUT2D eigenvalue weighted by Crippen LogP contribution is 2.24. The van der Waals surface area contributed by atoms with E-state index in [1.165, 1.54) is 41.1 Å². The van der Waals surface area contributed by atoms with E-state index in [0.29, 0.717) is 10.6 Å². The van der Waals surface area contributed by atoms with Crippen LogP contribution in [-0.4, -0.2) is 21.8 Å². The number of amides is 2. The molecular weight excluding hydrogens is 331 g/mol. The molecule has 3 rings (SSSR count). The largest absolute Gasteiger partial charge is 0.289 e. The number of hydrogen-bond acceptors (Lipinski definition) is 5. The molecule has 24 heavy (non-hydrogen) atoms. The van der Waals surface area contributed by atoms with Crippen LogP contribution in [0.15, 0.2) is 54.0 Å². The van der Waals surface area contributed by atoms with Gasteiger partial charge in [0, 0.05) is 17.1 Å². The van der Waals surface area contributed by atoms with Crippen LogP contribution < -0.4 is 10.9 Å². The number of hydrazine groups is 1. The van der Waals surface area contributed by atoms with Gasteiger partial charge in [-0.1, -0.05) is 18.2 Å². The Morgan fingerprint density at radius 3 is 2.50 bits per heavy atom. The molecular formula is C16H11FN4O2S. The van der Waals surface area contributed by atoms with Crippen LogP contribution in [0, 0.1) is 5.82 Å². The van der Waals surface area contributed by atoms with E-state index in [9.17, 15) is 14.0 Å². The van der Waals surface area contributed by atoms with E-state index < -0.39 is 11.8 Å². The molecule has 8 heteroatoms. The molecule has 0 saturated carbocycles. The van der Waals surface area contributed by atoms with Crippen LogP contribution in [0.4, 0.5) is 4.39 Å². The van der Waals surface area contributed by atoms with Gasteiger partial charge in [-0.15, -0.1) is 11.3 Å². The summed E-state index contributed by atoms with van der Waals surface area (Å²) in [5.41, 5.74) is 5.41. The van der Waals surface area contributed by atoms with Crippen molar-refractivity contribution in [1.29, 1.82) is 0 Å². The van der Waals surface area contributed by atoms with E-state index in [-0.39, 0.29) is 17.2 Å². The molecule has 2 heterocycles. The first-order chi connectivity index (χ1) is 11.6. The van der Waals surface area contributed by atoms with Crippen molar-refractivity contribution >= 4 is 23.2 Å². The molecule has 0 aliphatic heterocycles. The van der Waals surface area contributed by atoms with E-state index in [1.807, 2.05) is 0 Å². The summed E-state index contributed by atoms with van der Waals surface area (Å²) in [6.07, 6.45) is 1.47. The molecule has 2 amide bonds. The summed E-state index contributed by atoms with van der Waals surface area (Å²) in [6.45, 7) is 0. The molecule has 2 N–H and O–H groups in total. The number of halogens is 1. The number of nitrogens with one attached hydrogen (secondary N) is 2. The molecule has 0 aliphatic carbocycles. The monoisotopic (exact) mass is 342 g/mol. The summed E-state index contributed by atoms with van der Waals surface area (Å²) < 4.78 is 13.2. The second-order valence-corrected chi connectivity index (χ2v) is 5.53. The average Bonchev–Trinajstić information content (AvgIpc) is 3.10. The van der Waals surface area contributed by atoms with E-state index in [2.05, 4.69) is 20.8 Å². The van der Waals surface area contributed by atoms with Gasteiger partial charge in [0.15, 0.2) is 0 Å². The average molecular weight is 342 g/mol. The first-order valence-electron chi connectivity index (χ1n) is 6.86. The smallest absolute Gasteiger partial charge is 0.266 e. The molecule has 0 aliphatic rings. The Labute approximate surface area is 140 Å². The Hall–Kier alpha value is -3.13. The lowest BCUT2D eigenvalue weighted by Gasteiger charge is -2.04. The van der Waals surface area contributed by atoms with Crippen LogP contribution in [0.5, 0.6) is 0 Å². The minimum absolute atomic E-state index is 0.126. The summed E-state index contributed by atoms with van der Waals surface area (Å²) in [4.78, 5) is 31.8. The minimum atomic E-state index is -0.571. The fourth-order valence-electron chi connectivity index (χ4n) is 1.87. The fourth-order valence-corrected chi connectivity index (χ4v) is 2.67. The van der Waals surface area contributed by atoms with Gasteiger partial charge in [0.05, 0.1) is 0 Å². The third-order valence-corrected chi connectivity index (χ3v) is 3.89. The molecule has 1 aromatic carbocycles. The zero-order chi connectivity index (χ0) is 16.9. The van der Waals surface area contributed by atoms with Crippen molar-refractivity contribution < 1.29 is 14.0 Å². The van der Waals surface area contributed by atoms with Crippen molar-refractivity contribution in [3.63, 3.8) is 0 Å². The first-order valence-corrected chi connectivity index (χ1v) is 7.74. The van der Waals surface area contributed by atoms with Crippen LogP contribution in [0.25, 0.3) is 10.6 Å². The normalized spacial score (nSPS) is 10.2. The van der Waals surface area contributed by atoms with Crippen molar-refractivity contribution in [2.24, 2.45) is 0 Å². The van der Waals surface area contributed by atoms with Crippen LogP contribution in [0.3, 0.4) is 0 Å². The Kier molecular flexibility index (Phi) is 4.57. The van der Waals surface area contributed by atoms with Gasteiger partial charge in [-0.25, -0.2) is 9.37 Å². The van der Waals surface area contributed by atoms with Gasteiger partial charge in [0.1, 0.15) is 22.2 Å². The van der Waals surface area contributed by atoms with Gasteiger partial charge in [0.25, 0.3) is 11.8 Å². The highest BCUT2D eigenvalue weighted by Gasteiger charge is 2.14.